The van der Waals surface area contributed by atoms with E-state index in [1.54, 1.807) is 12.1 Å². The van der Waals surface area contributed by atoms with Crippen LogP contribution in [0.5, 0.6) is 0 Å². The number of alkyl halides is 3. The molecule has 0 fully saturated rings. The number of primary amides is 1. The summed E-state index contributed by atoms with van der Waals surface area (Å²) in [5.41, 5.74) is 6.58. The molecule has 1 aliphatic rings. The van der Waals surface area contributed by atoms with Crippen LogP contribution < -0.4 is 11.1 Å². The molecule has 3 rings (SSSR count). The predicted molar refractivity (Wildman–Crippen MR) is 96.5 cm³/mol. The SMILES string of the molecule is C[C@H]1CN(CC(N)=O)Cc2cc(NC(=O)c3cncc(C(F)(F)F)c3)ccc21. The van der Waals surface area contributed by atoms with E-state index in [9.17, 15) is 22.8 Å². The number of rotatable bonds is 4. The van der Waals surface area contributed by atoms with E-state index in [2.05, 4.69) is 10.3 Å². The minimum Gasteiger partial charge on any atom is -0.369 e. The van der Waals surface area contributed by atoms with Crippen LogP contribution in [0.15, 0.2) is 36.7 Å². The van der Waals surface area contributed by atoms with E-state index in [-0.39, 0.29) is 18.0 Å². The Morgan fingerprint density at radius 2 is 2.04 bits per heavy atom. The van der Waals surface area contributed by atoms with Gasteiger partial charge in [0.1, 0.15) is 0 Å². The summed E-state index contributed by atoms with van der Waals surface area (Å²) in [6, 6.07) is 6.11. The van der Waals surface area contributed by atoms with Crippen molar-refractivity contribution in [1.82, 2.24) is 9.88 Å². The molecule has 2 heterocycles. The second kappa shape index (κ2) is 7.59. The first-order valence-corrected chi connectivity index (χ1v) is 8.60. The molecule has 2 aromatic rings. The Kier molecular flexibility index (Phi) is 5.37. The highest BCUT2D eigenvalue weighted by Crippen LogP contribution is 2.31. The van der Waals surface area contributed by atoms with E-state index in [0.717, 1.165) is 23.4 Å². The number of halogens is 3. The number of nitrogens with zero attached hydrogens (tertiary/aromatic N) is 2. The standard InChI is InChI=1S/C19H19F3N4O2/c1-11-8-26(10-17(23)27)9-13-5-15(2-3-16(11)13)25-18(28)12-4-14(7-24-6-12)19(20,21)22/h2-7,11H,8-10H2,1H3,(H2,23,27)(H,25,28)/t11-/m0/s1. The van der Waals surface area contributed by atoms with Crippen LogP contribution in [-0.2, 0) is 17.5 Å². The number of hydrogen-bond acceptors (Lipinski definition) is 4. The Hall–Kier alpha value is -2.94. The molecule has 0 bridgehead atoms. The van der Waals surface area contributed by atoms with Crippen LogP contribution in [0, 0.1) is 0 Å². The Balaban J connectivity index is 1.79. The maximum Gasteiger partial charge on any atom is 0.417 e. The van der Waals surface area contributed by atoms with Gasteiger partial charge in [-0.15, -0.1) is 0 Å². The summed E-state index contributed by atoms with van der Waals surface area (Å²) in [5.74, 6) is -0.922. The van der Waals surface area contributed by atoms with E-state index in [4.69, 9.17) is 5.73 Å². The highest BCUT2D eigenvalue weighted by molar-refractivity contribution is 6.04. The van der Waals surface area contributed by atoms with Crippen LogP contribution in [0.1, 0.15) is 39.9 Å². The molecule has 0 spiro atoms. The molecule has 1 aliphatic heterocycles. The molecule has 6 nitrogen and oxygen atoms in total. The fraction of sp³-hybridized carbons (Fsp3) is 0.316. The maximum absolute atomic E-state index is 12.8. The van der Waals surface area contributed by atoms with E-state index in [0.29, 0.717) is 25.0 Å². The van der Waals surface area contributed by atoms with Gasteiger partial charge >= 0.3 is 6.18 Å². The Bertz CT molecular complexity index is 914. The summed E-state index contributed by atoms with van der Waals surface area (Å²) in [7, 11) is 0. The number of benzene rings is 1. The summed E-state index contributed by atoms with van der Waals surface area (Å²) in [4.78, 5) is 29.0. The van der Waals surface area contributed by atoms with Crippen LogP contribution in [-0.4, -0.2) is 34.8 Å². The molecule has 28 heavy (non-hydrogen) atoms. The van der Waals surface area contributed by atoms with Crippen molar-refractivity contribution >= 4 is 17.5 Å². The van der Waals surface area contributed by atoms with E-state index in [1.165, 1.54) is 0 Å². The van der Waals surface area contributed by atoms with E-state index >= 15 is 0 Å². The van der Waals surface area contributed by atoms with Crippen molar-refractivity contribution < 1.29 is 22.8 Å². The van der Waals surface area contributed by atoms with E-state index < -0.39 is 23.6 Å². The lowest BCUT2D eigenvalue weighted by Crippen LogP contribution is -2.38. The normalized spacial score (nSPS) is 17.1. The van der Waals surface area contributed by atoms with Crippen LogP contribution in [0.2, 0.25) is 0 Å². The van der Waals surface area contributed by atoms with Gasteiger partial charge in [-0.05, 0) is 35.2 Å². The number of amides is 2. The van der Waals surface area contributed by atoms with Gasteiger partial charge in [0.05, 0.1) is 17.7 Å². The van der Waals surface area contributed by atoms with E-state index in [1.807, 2.05) is 17.9 Å². The topological polar surface area (TPSA) is 88.3 Å². The highest BCUT2D eigenvalue weighted by atomic mass is 19.4. The molecule has 0 saturated carbocycles. The van der Waals surface area contributed by atoms with Crippen molar-refractivity contribution in [2.24, 2.45) is 5.73 Å². The second-order valence-electron chi connectivity index (χ2n) is 6.86. The summed E-state index contributed by atoms with van der Waals surface area (Å²) in [6.07, 6.45) is -2.82. The number of carbonyl (C=O) groups excluding carboxylic acids is 2. The van der Waals surface area contributed by atoms with Gasteiger partial charge in [0, 0.05) is 31.2 Å². The molecular formula is C19H19F3N4O2. The molecule has 9 heteroatoms. The number of aromatic nitrogens is 1. The first-order valence-electron chi connectivity index (χ1n) is 8.60. The Labute approximate surface area is 159 Å². The monoisotopic (exact) mass is 392 g/mol. The molecule has 0 saturated heterocycles. The number of fused-ring (bicyclic) bond motifs is 1. The third kappa shape index (κ3) is 4.48. The molecule has 1 aromatic heterocycles. The number of pyridine rings is 1. The van der Waals surface area contributed by atoms with Gasteiger partial charge in [0.2, 0.25) is 5.91 Å². The molecule has 0 radical (unpaired) electrons. The lowest BCUT2D eigenvalue weighted by atomic mass is 9.90. The van der Waals surface area contributed by atoms with Crippen molar-refractivity contribution in [2.45, 2.75) is 25.6 Å². The highest BCUT2D eigenvalue weighted by Gasteiger charge is 2.31. The van der Waals surface area contributed by atoms with Crippen LogP contribution in [0.4, 0.5) is 18.9 Å². The lowest BCUT2D eigenvalue weighted by molar-refractivity contribution is -0.137. The van der Waals surface area contributed by atoms with Crippen LogP contribution >= 0.6 is 0 Å². The van der Waals surface area contributed by atoms with Gasteiger partial charge < -0.3 is 11.1 Å². The van der Waals surface area contributed by atoms with Crippen LogP contribution in [0.25, 0.3) is 0 Å². The number of nitrogens with one attached hydrogen (secondary N) is 1. The quantitative estimate of drug-likeness (QED) is 0.838. The third-order valence-electron chi connectivity index (χ3n) is 4.56. The first kappa shape index (κ1) is 19.8. The van der Waals surface area contributed by atoms with Crippen molar-refractivity contribution in [1.29, 1.82) is 0 Å². The lowest BCUT2D eigenvalue weighted by Gasteiger charge is -2.32. The van der Waals surface area contributed by atoms with Gasteiger partial charge in [-0.25, -0.2) is 0 Å². The van der Waals surface area contributed by atoms with Gasteiger partial charge in [-0.2, -0.15) is 13.2 Å². The number of nitrogens with two attached hydrogens (primary N) is 1. The Morgan fingerprint density at radius 1 is 1.29 bits per heavy atom. The largest absolute Gasteiger partial charge is 0.417 e. The summed E-state index contributed by atoms with van der Waals surface area (Å²) < 4.78 is 38.4. The van der Waals surface area contributed by atoms with Gasteiger partial charge in [0.15, 0.2) is 0 Å². The Morgan fingerprint density at radius 3 is 2.71 bits per heavy atom. The average Bonchev–Trinajstić information content (AvgIpc) is 2.60. The molecule has 148 valence electrons. The van der Waals surface area contributed by atoms with Crippen LogP contribution in [0.3, 0.4) is 0 Å². The summed E-state index contributed by atoms with van der Waals surface area (Å²) >= 11 is 0. The fourth-order valence-electron chi connectivity index (χ4n) is 3.36. The zero-order valence-electron chi connectivity index (χ0n) is 15.1. The zero-order valence-corrected chi connectivity index (χ0v) is 15.1. The molecular weight excluding hydrogens is 373 g/mol. The van der Waals surface area contributed by atoms with Crippen molar-refractivity contribution in [3.63, 3.8) is 0 Å². The van der Waals surface area contributed by atoms with Gasteiger partial charge in [-0.3, -0.25) is 19.5 Å². The zero-order chi connectivity index (χ0) is 20.5. The van der Waals surface area contributed by atoms with Gasteiger partial charge in [-0.1, -0.05) is 13.0 Å². The van der Waals surface area contributed by atoms with Crippen molar-refractivity contribution in [2.75, 3.05) is 18.4 Å². The molecule has 1 aromatic carbocycles. The summed E-state index contributed by atoms with van der Waals surface area (Å²) in [5, 5.41) is 2.60. The minimum absolute atomic E-state index is 0.135. The molecule has 2 amide bonds. The molecule has 3 N–H and O–H groups in total. The fourth-order valence-corrected chi connectivity index (χ4v) is 3.36. The predicted octanol–water partition coefficient (Wildman–Crippen LogP) is 2.76. The van der Waals surface area contributed by atoms with Gasteiger partial charge in [0.25, 0.3) is 5.91 Å². The maximum atomic E-state index is 12.8. The number of hydrogen-bond donors (Lipinski definition) is 2. The number of carbonyl (C=O) groups is 2. The number of anilines is 1. The first-order chi connectivity index (χ1) is 13.1. The smallest absolute Gasteiger partial charge is 0.369 e. The van der Waals surface area contributed by atoms with Crippen molar-refractivity contribution in [3.05, 3.63) is 58.9 Å². The van der Waals surface area contributed by atoms with Crippen molar-refractivity contribution in [3.8, 4) is 0 Å². The molecule has 0 aliphatic carbocycles. The summed E-state index contributed by atoms with van der Waals surface area (Å²) in [6.45, 7) is 3.35. The minimum atomic E-state index is -4.57. The average molecular weight is 392 g/mol. The second-order valence-corrected chi connectivity index (χ2v) is 6.86. The molecule has 1 atom stereocenters. The molecule has 0 unspecified atom stereocenters. The third-order valence-corrected chi connectivity index (χ3v) is 4.56.